The molecule has 0 aliphatic carbocycles. The summed E-state index contributed by atoms with van der Waals surface area (Å²) in [7, 11) is 0. The van der Waals surface area contributed by atoms with Crippen LogP contribution in [-0.4, -0.2) is 17.4 Å². The molecule has 0 atom stereocenters. The number of carbonyl (C=O) groups is 1. The number of carbonyl (C=O) groups excluding carboxylic acids is 1. The van der Waals surface area contributed by atoms with Gasteiger partial charge in [0.2, 0.25) is 0 Å². The van der Waals surface area contributed by atoms with E-state index in [1.54, 1.807) is 4.90 Å². The summed E-state index contributed by atoms with van der Waals surface area (Å²) in [6.07, 6.45) is 4.71. The molecule has 17 heavy (non-hydrogen) atoms. The van der Waals surface area contributed by atoms with E-state index in [1.165, 1.54) is 0 Å². The molecule has 0 saturated carbocycles. The van der Waals surface area contributed by atoms with Crippen LogP contribution < -0.4 is 0 Å². The van der Waals surface area contributed by atoms with Gasteiger partial charge in [-0.05, 0) is 39.3 Å². The van der Waals surface area contributed by atoms with Gasteiger partial charge in [0.1, 0.15) is 0 Å². The van der Waals surface area contributed by atoms with Gasteiger partial charge < -0.3 is 4.90 Å². The molecule has 0 aromatic heterocycles. The van der Waals surface area contributed by atoms with Crippen molar-refractivity contribution in [3.63, 3.8) is 0 Å². The van der Waals surface area contributed by atoms with Crippen molar-refractivity contribution in [2.24, 2.45) is 0 Å². The van der Waals surface area contributed by atoms with E-state index in [1.807, 2.05) is 45.2 Å². The Morgan fingerprint density at radius 2 is 1.82 bits per heavy atom. The zero-order chi connectivity index (χ0) is 12.8. The van der Waals surface area contributed by atoms with Crippen LogP contribution in [0.2, 0.25) is 0 Å². The Morgan fingerprint density at radius 3 is 2.29 bits per heavy atom. The lowest BCUT2D eigenvalue weighted by atomic mass is 10.1. The average Bonchev–Trinajstić information content (AvgIpc) is 2.26. The van der Waals surface area contributed by atoms with Crippen molar-refractivity contribution in [1.29, 1.82) is 0 Å². The van der Waals surface area contributed by atoms with E-state index < -0.39 is 0 Å². The van der Waals surface area contributed by atoms with Crippen molar-refractivity contribution in [3.8, 4) is 0 Å². The monoisotopic (exact) mass is 231 g/mol. The number of allylic oxidation sites excluding steroid dienone is 1. The van der Waals surface area contributed by atoms with Crippen LogP contribution in [0, 0.1) is 13.8 Å². The molecule has 1 amide bonds. The molecule has 0 aliphatic rings. The predicted molar refractivity (Wildman–Crippen MR) is 72.1 cm³/mol. The Hall–Kier alpha value is -1.57. The first kappa shape index (κ1) is 13.5. The molecule has 92 valence electrons. The van der Waals surface area contributed by atoms with Gasteiger partial charge in [0, 0.05) is 18.3 Å². The highest BCUT2D eigenvalue weighted by Crippen LogP contribution is 2.12. The third-order valence-electron chi connectivity index (χ3n) is 2.52. The fourth-order valence-corrected chi connectivity index (χ4v) is 1.93. The maximum atomic E-state index is 12.3. The average molecular weight is 231 g/mol. The molecular formula is C15H21NO. The summed E-state index contributed by atoms with van der Waals surface area (Å²) in [5.74, 6) is 0.0803. The molecule has 1 aromatic carbocycles. The molecule has 0 fully saturated rings. The van der Waals surface area contributed by atoms with Crippen LogP contribution in [-0.2, 0) is 0 Å². The fraction of sp³-hybridized carbons (Fsp3) is 0.400. The number of hydrogen-bond acceptors (Lipinski definition) is 1. The van der Waals surface area contributed by atoms with Crippen LogP contribution in [0.1, 0.15) is 41.8 Å². The molecule has 2 nitrogen and oxygen atoms in total. The van der Waals surface area contributed by atoms with E-state index in [-0.39, 0.29) is 5.91 Å². The summed E-state index contributed by atoms with van der Waals surface area (Å²) in [4.78, 5) is 14.1. The van der Waals surface area contributed by atoms with Crippen LogP contribution in [0.25, 0.3) is 0 Å². The zero-order valence-electron chi connectivity index (χ0n) is 11.2. The Balaban J connectivity index is 3.00. The third-order valence-corrected chi connectivity index (χ3v) is 2.52. The van der Waals surface area contributed by atoms with E-state index in [4.69, 9.17) is 0 Å². The molecular weight excluding hydrogens is 210 g/mol. The molecule has 1 aromatic rings. The minimum Gasteiger partial charge on any atom is -0.315 e. The Labute approximate surface area is 104 Å². The van der Waals surface area contributed by atoms with Crippen molar-refractivity contribution in [2.45, 2.75) is 34.1 Å². The first-order valence-electron chi connectivity index (χ1n) is 6.10. The summed E-state index contributed by atoms with van der Waals surface area (Å²) in [6.45, 7) is 8.80. The van der Waals surface area contributed by atoms with Crippen LogP contribution >= 0.6 is 0 Å². The summed E-state index contributed by atoms with van der Waals surface area (Å²) in [6, 6.07) is 5.97. The quantitative estimate of drug-likeness (QED) is 0.774. The van der Waals surface area contributed by atoms with Crippen molar-refractivity contribution in [1.82, 2.24) is 4.90 Å². The van der Waals surface area contributed by atoms with E-state index in [0.717, 1.165) is 29.7 Å². The Morgan fingerprint density at radius 1 is 1.24 bits per heavy atom. The molecule has 0 heterocycles. The number of benzene rings is 1. The summed E-state index contributed by atoms with van der Waals surface area (Å²) in [5, 5.41) is 0. The molecule has 0 bridgehead atoms. The molecule has 0 saturated heterocycles. The second kappa shape index (κ2) is 6.24. The van der Waals surface area contributed by atoms with E-state index >= 15 is 0 Å². The van der Waals surface area contributed by atoms with Gasteiger partial charge in [-0.25, -0.2) is 0 Å². The van der Waals surface area contributed by atoms with Gasteiger partial charge in [-0.1, -0.05) is 30.2 Å². The topological polar surface area (TPSA) is 20.3 Å². The number of nitrogens with zero attached hydrogens (tertiary/aromatic N) is 1. The smallest absolute Gasteiger partial charge is 0.257 e. The van der Waals surface area contributed by atoms with Crippen molar-refractivity contribution in [3.05, 3.63) is 47.2 Å². The minimum absolute atomic E-state index is 0.0803. The highest BCUT2D eigenvalue weighted by Gasteiger charge is 2.12. The minimum atomic E-state index is 0.0803. The maximum absolute atomic E-state index is 12.3. The van der Waals surface area contributed by atoms with Crippen molar-refractivity contribution in [2.75, 3.05) is 6.54 Å². The fourth-order valence-electron chi connectivity index (χ4n) is 1.93. The normalized spacial score (nSPS) is 10.8. The molecule has 0 N–H and O–H groups in total. The lowest BCUT2D eigenvalue weighted by molar-refractivity contribution is 0.0822. The number of amides is 1. The lowest BCUT2D eigenvalue weighted by Gasteiger charge is -2.18. The van der Waals surface area contributed by atoms with Crippen LogP contribution in [0.15, 0.2) is 30.5 Å². The van der Waals surface area contributed by atoms with Gasteiger partial charge in [-0.3, -0.25) is 4.79 Å². The molecule has 0 spiro atoms. The maximum Gasteiger partial charge on any atom is 0.257 e. The molecule has 1 rings (SSSR count). The molecule has 0 radical (unpaired) electrons. The van der Waals surface area contributed by atoms with E-state index in [2.05, 4.69) is 13.0 Å². The molecule has 0 aliphatic heterocycles. The Bertz CT molecular complexity index is 401. The number of aryl methyl sites for hydroxylation is 2. The summed E-state index contributed by atoms with van der Waals surface area (Å²) >= 11 is 0. The largest absolute Gasteiger partial charge is 0.315 e. The van der Waals surface area contributed by atoms with Crippen LogP contribution in [0.5, 0.6) is 0 Å². The number of rotatable bonds is 4. The molecule has 0 unspecified atom stereocenters. The van der Waals surface area contributed by atoms with Gasteiger partial charge in [0.15, 0.2) is 0 Å². The van der Waals surface area contributed by atoms with Gasteiger partial charge >= 0.3 is 0 Å². The lowest BCUT2D eigenvalue weighted by Crippen LogP contribution is -2.26. The highest BCUT2D eigenvalue weighted by molar-refractivity contribution is 5.95. The highest BCUT2D eigenvalue weighted by atomic mass is 16.2. The summed E-state index contributed by atoms with van der Waals surface area (Å²) in [5.41, 5.74) is 3.03. The second-order valence-electron chi connectivity index (χ2n) is 4.36. The summed E-state index contributed by atoms with van der Waals surface area (Å²) < 4.78 is 0. The second-order valence-corrected chi connectivity index (χ2v) is 4.36. The Kier molecular flexibility index (Phi) is 4.95. The first-order valence-corrected chi connectivity index (χ1v) is 6.10. The predicted octanol–water partition coefficient (Wildman–Crippen LogP) is 3.69. The van der Waals surface area contributed by atoms with Crippen molar-refractivity contribution >= 4 is 5.91 Å². The van der Waals surface area contributed by atoms with Gasteiger partial charge in [-0.15, -0.1) is 0 Å². The van der Waals surface area contributed by atoms with Gasteiger partial charge in [0.25, 0.3) is 5.91 Å². The first-order chi connectivity index (χ1) is 8.08. The SMILES string of the molecule is C/C=C/N(CCC)C(=O)c1cc(C)cc(C)c1. The van der Waals surface area contributed by atoms with Crippen molar-refractivity contribution < 1.29 is 4.79 Å². The van der Waals surface area contributed by atoms with Gasteiger partial charge in [-0.2, -0.15) is 0 Å². The molecule has 2 heteroatoms. The number of hydrogen-bond donors (Lipinski definition) is 0. The third kappa shape index (κ3) is 3.74. The zero-order valence-corrected chi connectivity index (χ0v) is 11.2. The van der Waals surface area contributed by atoms with E-state index in [9.17, 15) is 4.79 Å². The van der Waals surface area contributed by atoms with Crippen LogP contribution in [0.4, 0.5) is 0 Å². The standard InChI is InChI=1S/C15H21NO/c1-5-7-16(8-6-2)15(17)14-10-12(3)9-13(4)11-14/h5,7,9-11H,6,8H2,1-4H3/b7-5+. The van der Waals surface area contributed by atoms with Gasteiger partial charge in [0.05, 0.1) is 0 Å². The van der Waals surface area contributed by atoms with Crippen LogP contribution in [0.3, 0.4) is 0 Å². The van der Waals surface area contributed by atoms with E-state index in [0.29, 0.717) is 0 Å².